The number of hydrogen-bond acceptors (Lipinski definition) is 3. The van der Waals surface area contributed by atoms with Crippen molar-refractivity contribution in [3.63, 3.8) is 0 Å². The molecule has 0 aliphatic heterocycles. The number of ether oxygens (including phenoxy) is 1. The lowest BCUT2D eigenvalue weighted by Crippen LogP contribution is -2.43. The summed E-state index contributed by atoms with van der Waals surface area (Å²) >= 11 is 0. The van der Waals surface area contributed by atoms with Gasteiger partial charge in [0.2, 0.25) is 5.91 Å². The molecule has 6 nitrogen and oxygen atoms in total. The van der Waals surface area contributed by atoms with Crippen molar-refractivity contribution >= 4 is 11.9 Å². The molecule has 0 saturated carbocycles. The number of nitrogens with zero attached hydrogens (tertiary/aromatic N) is 1. The van der Waals surface area contributed by atoms with Crippen molar-refractivity contribution in [3.8, 4) is 5.75 Å². The number of methoxy groups -OCH3 is 1. The van der Waals surface area contributed by atoms with Crippen LogP contribution in [0.1, 0.15) is 39.7 Å². The number of nitrogens with one attached hydrogen (secondary N) is 3. The zero-order valence-corrected chi connectivity index (χ0v) is 16.1. The van der Waals surface area contributed by atoms with Crippen molar-refractivity contribution in [1.29, 1.82) is 0 Å². The smallest absolute Gasteiger partial charge is 0.242 e. The van der Waals surface area contributed by atoms with Crippen LogP contribution in [0.5, 0.6) is 5.75 Å². The minimum Gasteiger partial charge on any atom is -0.497 e. The lowest BCUT2D eigenvalue weighted by Gasteiger charge is -2.20. The Bertz CT molecular complexity index is 565. The van der Waals surface area contributed by atoms with E-state index in [9.17, 15) is 4.79 Å². The van der Waals surface area contributed by atoms with E-state index in [2.05, 4.69) is 33.1 Å². The van der Waals surface area contributed by atoms with Gasteiger partial charge in [-0.05, 0) is 58.2 Å². The van der Waals surface area contributed by atoms with Gasteiger partial charge in [-0.2, -0.15) is 0 Å². The number of guanidine groups is 1. The fourth-order valence-electron chi connectivity index (χ4n) is 2.28. The van der Waals surface area contributed by atoms with Crippen LogP contribution in [0.4, 0.5) is 0 Å². The summed E-state index contributed by atoms with van der Waals surface area (Å²) in [7, 11) is 1.68. The molecule has 25 heavy (non-hydrogen) atoms. The zero-order valence-electron chi connectivity index (χ0n) is 16.1. The predicted molar refractivity (Wildman–Crippen MR) is 103 cm³/mol. The maximum absolute atomic E-state index is 11.9. The van der Waals surface area contributed by atoms with Crippen molar-refractivity contribution in [2.75, 3.05) is 26.7 Å². The number of aliphatic imine (C=N–C) groups is 1. The molecule has 1 aromatic rings. The summed E-state index contributed by atoms with van der Waals surface area (Å²) < 4.78 is 5.24. The molecule has 6 heteroatoms. The molecule has 0 bridgehead atoms. The predicted octanol–water partition coefficient (Wildman–Crippen LogP) is 2.10. The molecular formula is C19H32N4O2. The third-order valence-electron chi connectivity index (χ3n) is 3.31. The van der Waals surface area contributed by atoms with Crippen LogP contribution in [0.2, 0.25) is 0 Å². The summed E-state index contributed by atoms with van der Waals surface area (Å²) in [6.07, 6.45) is 1.92. The SMILES string of the molecule is CCNC(=NCC(=O)NC(C)(C)C)NCCCc1cccc(OC)c1. The van der Waals surface area contributed by atoms with Crippen molar-refractivity contribution in [1.82, 2.24) is 16.0 Å². The Balaban J connectivity index is 2.41. The van der Waals surface area contributed by atoms with Crippen LogP contribution >= 0.6 is 0 Å². The molecule has 1 rings (SSSR count). The summed E-state index contributed by atoms with van der Waals surface area (Å²) in [5, 5.41) is 9.32. The normalized spacial score (nSPS) is 11.8. The highest BCUT2D eigenvalue weighted by atomic mass is 16.5. The van der Waals surface area contributed by atoms with Gasteiger partial charge in [0, 0.05) is 18.6 Å². The van der Waals surface area contributed by atoms with Gasteiger partial charge >= 0.3 is 0 Å². The highest BCUT2D eigenvalue weighted by molar-refractivity contribution is 5.85. The van der Waals surface area contributed by atoms with Gasteiger partial charge < -0.3 is 20.7 Å². The van der Waals surface area contributed by atoms with Crippen LogP contribution in [-0.4, -0.2) is 44.1 Å². The van der Waals surface area contributed by atoms with Crippen LogP contribution < -0.4 is 20.7 Å². The highest BCUT2D eigenvalue weighted by Gasteiger charge is 2.13. The topological polar surface area (TPSA) is 74.8 Å². The first-order valence-corrected chi connectivity index (χ1v) is 8.80. The fourth-order valence-corrected chi connectivity index (χ4v) is 2.28. The number of aryl methyl sites for hydroxylation is 1. The van der Waals surface area contributed by atoms with Gasteiger partial charge in [0.1, 0.15) is 12.3 Å². The van der Waals surface area contributed by atoms with Gasteiger partial charge in [0.15, 0.2) is 5.96 Å². The summed E-state index contributed by atoms with van der Waals surface area (Å²) in [4.78, 5) is 16.2. The van der Waals surface area contributed by atoms with E-state index in [1.54, 1.807) is 7.11 Å². The minimum atomic E-state index is -0.241. The molecule has 0 unspecified atom stereocenters. The van der Waals surface area contributed by atoms with Gasteiger partial charge in [-0.25, -0.2) is 4.99 Å². The van der Waals surface area contributed by atoms with E-state index < -0.39 is 0 Å². The second kappa shape index (κ2) is 10.6. The summed E-state index contributed by atoms with van der Waals surface area (Å²) in [6.45, 7) is 9.52. The van der Waals surface area contributed by atoms with E-state index in [0.717, 1.165) is 31.7 Å². The quantitative estimate of drug-likeness (QED) is 0.382. The number of carbonyl (C=O) groups excluding carboxylic acids is 1. The Morgan fingerprint density at radius 1 is 1.24 bits per heavy atom. The van der Waals surface area contributed by atoms with E-state index >= 15 is 0 Å². The number of rotatable bonds is 8. The van der Waals surface area contributed by atoms with Gasteiger partial charge in [-0.3, -0.25) is 4.79 Å². The molecule has 0 aliphatic carbocycles. The lowest BCUT2D eigenvalue weighted by atomic mass is 10.1. The average Bonchev–Trinajstić information content (AvgIpc) is 2.55. The van der Waals surface area contributed by atoms with Crippen LogP contribution in [-0.2, 0) is 11.2 Å². The number of amides is 1. The van der Waals surface area contributed by atoms with Crippen LogP contribution in [0.3, 0.4) is 0 Å². The standard InChI is InChI=1S/C19H32N4O2/c1-6-20-18(22-14-17(24)23-19(2,3)4)21-12-8-10-15-9-7-11-16(13-15)25-5/h7,9,11,13H,6,8,10,12,14H2,1-5H3,(H,23,24)(H2,20,21,22). The molecule has 1 aromatic carbocycles. The van der Waals surface area contributed by atoms with E-state index in [1.165, 1.54) is 5.56 Å². The maximum Gasteiger partial charge on any atom is 0.242 e. The minimum absolute atomic E-state index is 0.0823. The van der Waals surface area contributed by atoms with Gasteiger partial charge in [0.25, 0.3) is 0 Å². The summed E-state index contributed by atoms with van der Waals surface area (Å²) in [5.41, 5.74) is 1.00. The van der Waals surface area contributed by atoms with Crippen molar-refractivity contribution < 1.29 is 9.53 Å². The average molecular weight is 348 g/mol. The van der Waals surface area contributed by atoms with Crippen molar-refractivity contribution in [3.05, 3.63) is 29.8 Å². The molecule has 140 valence electrons. The molecule has 0 saturated heterocycles. The second-order valence-corrected chi connectivity index (χ2v) is 6.88. The third-order valence-corrected chi connectivity index (χ3v) is 3.31. The van der Waals surface area contributed by atoms with E-state index in [0.29, 0.717) is 5.96 Å². The lowest BCUT2D eigenvalue weighted by molar-refractivity contribution is -0.121. The molecule has 1 amide bonds. The Labute approximate surface area is 151 Å². The third kappa shape index (κ3) is 9.59. The molecule has 0 heterocycles. The summed E-state index contributed by atoms with van der Waals surface area (Å²) in [6, 6.07) is 8.09. The number of hydrogen-bond donors (Lipinski definition) is 3. The first-order chi connectivity index (χ1) is 11.8. The molecule has 0 aromatic heterocycles. The van der Waals surface area contributed by atoms with E-state index in [4.69, 9.17) is 4.74 Å². The fraction of sp³-hybridized carbons (Fsp3) is 0.579. The molecule has 0 atom stereocenters. The van der Waals surface area contributed by atoms with Crippen LogP contribution in [0.25, 0.3) is 0 Å². The Hall–Kier alpha value is -2.24. The number of benzene rings is 1. The molecular weight excluding hydrogens is 316 g/mol. The van der Waals surface area contributed by atoms with Crippen LogP contribution in [0, 0.1) is 0 Å². The molecule has 0 aliphatic rings. The molecule has 0 radical (unpaired) electrons. The number of carbonyl (C=O) groups is 1. The van der Waals surface area contributed by atoms with E-state index in [-0.39, 0.29) is 18.0 Å². The molecule has 0 spiro atoms. The highest BCUT2D eigenvalue weighted by Crippen LogP contribution is 2.13. The second-order valence-electron chi connectivity index (χ2n) is 6.88. The van der Waals surface area contributed by atoms with Gasteiger partial charge in [-0.15, -0.1) is 0 Å². The first-order valence-electron chi connectivity index (χ1n) is 8.80. The van der Waals surface area contributed by atoms with Gasteiger partial charge in [0.05, 0.1) is 7.11 Å². The van der Waals surface area contributed by atoms with Gasteiger partial charge in [-0.1, -0.05) is 12.1 Å². The molecule has 0 fully saturated rings. The van der Waals surface area contributed by atoms with Crippen molar-refractivity contribution in [2.24, 2.45) is 4.99 Å². The Morgan fingerprint density at radius 2 is 2.00 bits per heavy atom. The first kappa shape index (κ1) is 20.8. The Kier molecular flexibility index (Phi) is 8.81. The van der Waals surface area contributed by atoms with Crippen LogP contribution in [0.15, 0.2) is 29.3 Å². The van der Waals surface area contributed by atoms with Crippen molar-refractivity contribution in [2.45, 2.75) is 46.1 Å². The van der Waals surface area contributed by atoms with E-state index in [1.807, 2.05) is 39.8 Å². The largest absolute Gasteiger partial charge is 0.497 e. The zero-order chi connectivity index (χ0) is 18.7. The monoisotopic (exact) mass is 348 g/mol. The Morgan fingerprint density at radius 3 is 2.64 bits per heavy atom. The summed E-state index contributed by atoms with van der Waals surface area (Å²) in [5.74, 6) is 1.46. The molecule has 3 N–H and O–H groups in total. The maximum atomic E-state index is 11.9.